The fraction of sp³-hybridized carbons (Fsp3) is 0.733. The molecular formula is C15H22N4O3S. The summed E-state index contributed by atoms with van der Waals surface area (Å²) >= 11 is 0. The topological polar surface area (TPSA) is 84.4 Å². The Kier molecular flexibility index (Phi) is 3.78. The lowest BCUT2D eigenvalue weighted by Gasteiger charge is -2.52. The van der Waals surface area contributed by atoms with E-state index in [2.05, 4.69) is 19.6 Å². The number of nitrogens with zero attached hydrogens (tertiary/aromatic N) is 3. The minimum Gasteiger partial charge on any atom is -0.371 e. The van der Waals surface area contributed by atoms with Crippen LogP contribution in [0.4, 0.5) is 5.95 Å². The number of rotatable bonds is 5. The minimum atomic E-state index is -3.08. The Morgan fingerprint density at radius 1 is 1.26 bits per heavy atom. The predicted octanol–water partition coefficient (Wildman–Crippen LogP) is 0.544. The molecule has 0 aromatic carbocycles. The normalized spacial score (nSPS) is 27.0. The van der Waals surface area contributed by atoms with Gasteiger partial charge in [0.1, 0.15) is 5.60 Å². The summed E-state index contributed by atoms with van der Waals surface area (Å²) in [6.45, 7) is 2.76. The first-order valence-electron chi connectivity index (χ1n) is 8.21. The van der Waals surface area contributed by atoms with Crippen molar-refractivity contribution in [2.45, 2.75) is 36.5 Å². The number of aromatic nitrogens is 2. The Morgan fingerprint density at radius 3 is 2.61 bits per heavy atom. The van der Waals surface area contributed by atoms with Crippen molar-refractivity contribution in [1.29, 1.82) is 0 Å². The molecule has 3 aliphatic rings. The average Bonchev–Trinajstić information content (AvgIpc) is 3.38. The molecule has 2 saturated heterocycles. The van der Waals surface area contributed by atoms with Gasteiger partial charge in [0.25, 0.3) is 0 Å². The fourth-order valence-corrected chi connectivity index (χ4v) is 4.76. The van der Waals surface area contributed by atoms with Crippen LogP contribution in [-0.2, 0) is 14.8 Å². The van der Waals surface area contributed by atoms with Crippen molar-refractivity contribution in [3.63, 3.8) is 0 Å². The molecule has 1 saturated carbocycles. The second-order valence-corrected chi connectivity index (χ2v) is 8.94. The highest BCUT2D eigenvalue weighted by Gasteiger charge is 2.47. The summed E-state index contributed by atoms with van der Waals surface area (Å²) in [5, 5.41) is -0.149. The Hall–Kier alpha value is -1.25. The highest BCUT2D eigenvalue weighted by atomic mass is 32.2. The Morgan fingerprint density at radius 2 is 2.00 bits per heavy atom. The van der Waals surface area contributed by atoms with Crippen molar-refractivity contribution in [3.05, 3.63) is 18.5 Å². The van der Waals surface area contributed by atoms with Crippen LogP contribution in [0.2, 0.25) is 0 Å². The SMILES string of the molecule is O=S(=O)(NCC1CCC2(CN(c3ncccn3)C2)OC1)C1CC1. The van der Waals surface area contributed by atoms with Crippen molar-refractivity contribution in [2.75, 3.05) is 31.1 Å². The summed E-state index contributed by atoms with van der Waals surface area (Å²) < 4.78 is 32.5. The number of ether oxygens (including phenoxy) is 1. The molecule has 23 heavy (non-hydrogen) atoms. The highest BCUT2D eigenvalue weighted by molar-refractivity contribution is 7.90. The summed E-state index contributed by atoms with van der Waals surface area (Å²) in [7, 11) is -3.08. The second-order valence-electron chi connectivity index (χ2n) is 6.90. The summed E-state index contributed by atoms with van der Waals surface area (Å²) in [6.07, 6.45) is 7.06. The molecule has 0 radical (unpaired) electrons. The van der Waals surface area contributed by atoms with Crippen LogP contribution < -0.4 is 9.62 Å². The quantitative estimate of drug-likeness (QED) is 0.844. The van der Waals surface area contributed by atoms with Gasteiger partial charge < -0.3 is 9.64 Å². The third kappa shape index (κ3) is 3.20. The zero-order valence-corrected chi connectivity index (χ0v) is 13.8. The van der Waals surface area contributed by atoms with E-state index in [0.29, 0.717) is 13.2 Å². The molecule has 1 unspecified atom stereocenters. The number of sulfonamides is 1. The smallest absolute Gasteiger partial charge is 0.225 e. The Bertz CT molecular complexity index is 647. The predicted molar refractivity (Wildman–Crippen MR) is 85.6 cm³/mol. The highest BCUT2D eigenvalue weighted by Crippen LogP contribution is 2.37. The van der Waals surface area contributed by atoms with Crippen LogP contribution in [0.5, 0.6) is 0 Å². The third-order valence-electron chi connectivity index (χ3n) is 4.96. The molecule has 1 aromatic heterocycles. The lowest BCUT2D eigenvalue weighted by Crippen LogP contribution is -2.65. The summed E-state index contributed by atoms with van der Waals surface area (Å²) in [5.74, 6) is 1.03. The molecule has 8 heteroatoms. The molecule has 3 heterocycles. The van der Waals surface area contributed by atoms with Gasteiger partial charge in [-0.15, -0.1) is 0 Å². The maximum Gasteiger partial charge on any atom is 0.225 e. The maximum atomic E-state index is 11.9. The monoisotopic (exact) mass is 338 g/mol. The molecule has 3 fully saturated rings. The zero-order chi connectivity index (χ0) is 15.9. The van der Waals surface area contributed by atoms with Crippen LogP contribution in [0.1, 0.15) is 25.7 Å². The van der Waals surface area contributed by atoms with E-state index >= 15 is 0 Å². The fourth-order valence-electron chi connectivity index (χ4n) is 3.30. The molecule has 0 amide bonds. The van der Waals surface area contributed by atoms with E-state index in [1.54, 1.807) is 12.4 Å². The van der Waals surface area contributed by atoms with Crippen LogP contribution in [-0.4, -0.2) is 55.5 Å². The van der Waals surface area contributed by atoms with E-state index in [0.717, 1.165) is 44.7 Å². The Balaban J connectivity index is 1.24. The number of anilines is 1. The maximum absolute atomic E-state index is 11.9. The minimum absolute atomic E-state index is 0.0922. The van der Waals surface area contributed by atoms with Crippen molar-refractivity contribution in [1.82, 2.24) is 14.7 Å². The molecule has 126 valence electrons. The average molecular weight is 338 g/mol. The van der Waals surface area contributed by atoms with Crippen LogP contribution >= 0.6 is 0 Å². The van der Waals surface area contributed by atoms with Crippen molar-refractivity contribution < 1.29 is 13.2 Å². The van der Waals surface area contributed by atoms with E-state index in [1.165, 1.54) is 0 Å². The molecule has 7 nitrogen and oxygen atoms in total. The van der Waals surface area contributed by atoms with Gasteiger partial charge in [0.15, 0.2) is 0 Å². The summed E-state index contributed by atoms with van der Waals surface area (Å²) in [4.78, 5) is 10.6. The molecule has 1 atom stereocenters. The van der Waals surface area contributed by atoms with Gasteiger partial charge in [-0.1, -0.05) is 0 Å². The van der Waals surface area contributed by atoms with Gasteiger partial charge in [0.05, 0.1) is 24.9 Å². The molecule has 1 aliphatic carbocycles. The summed E-state index contributed by atoms with van der Waals surface area (Å²) in [5.41, 5.74) is -0.0922. The van der Waals surface area contributed by atoms with Crippen LogP contribution in [0.15, 0.2) is 18.5 Å². The van der Waals surface area contributed by atoms with Crippen molar-refractivity contribution in [2.24, 2.45) is 5.92 Å². The lowest BCUT2D eigenvalue weighted by atomic mass is 9.83. The third-order valence-corrected chi connectivity index (χ3v) is 6.88. The standard InChI is InChI=1S/C15H22N4O3S/c20-23(21,13-2-3-13)18-8-12-4-5-15(22-9-12)10-19(11-15)14-16-6-1-7-17-14/h1,6-7,12-13,18H,2-5,8-11H2. The first kappa shape index (κ1) is 15.3. The van der Waals surface area contributed by atoms with Crippen LogP contribution in [0, 0.1) is 5.92 Å². The molecular weight excluding hydrogens is 316 g/mol. The largest absolute Gasteiger partial charge is 0.371 e. The molecule has 1 spiro atoms. The first-order valence-corrected chi connectivity index (χ1v) is 9.75. The summed E-state index contributed by atoms with van der Waals surface area (Å²) in [6, 6.07) is 1.81. The molecule has 0 bridgehead atoms. The lowest BCUT2D eigenvalue weighted by molar-refractivity contribution is -0.115. The van der Waals surface area contributed by atoms with Crippen LogP contribution in [0.3, 0.4) is 0 Å². The number of nitrogens with one attached hydrogen (secondary N) is 1. The van der Waals surface area contributed by atoms with Gasteiger partial charge in [0, 0.05) is 18.9 Å². The van der Waals surface area contributed by atoms with Crippen molar-refractivity contribution >= 4 is 16.0 Å². The van der Waals surface area contributed by atoms with Gasteiger partial charge in [0.2, 0.25) is 16.0 Å². The van der Waals surface area contributed by atoms with E-state index in [9.17, 15) is 8.42 Å². The van der Waals surface area contributed by atoms with E-state index in [4.69, 9.17) is 4.74 Å². The second kappa shape index (κ2) is 5.68. The zero-order valence-electron chi connectivity index (χ0n) is 13.0. The van der Waals surface area contributed by atoms with E-state index < -0.39 is 10.0 Å². The first-order chi connectivity index (χ1) is 11.1. The number of hydrogen-bond donors (Lipinski definition) is 1. The number of hydrogen-bond acceptors (Lipinski definition) is 6. The molecule has 1 aromatic rings. The van der Waals surface area contributed by atoms with Crippen LogP contribution in [0.25, 0.3) is 0 Å². The van der Waals surface area contributed by atoms with Gasteiger partial charge in [-0.05, 0) is 37.7 Å². The molecule has 2 aliphatic heterocycles. The van der Waals surface area contributed by atoms with Gasteiger partial charge in [-0.25, -0.2) is 23.1 Å². The van der Waals surface area contributed by atoms with Crippen molar-refractivity contribution in [3.8, 4) is 0 Å². The molecule has 1 N–H and O–H groups in total. The van der Waals surface area contributed by atoms with E-state index in [-0.39, 0.29) is 16.8 Å². The van der Waals surface area contributed by atoms with E-state index in [1.807, 2.05) is 6.07 Å². The molecule has 4 rings (SSSR count). The van der Waals surface area contributed by atoms with Gasteiger partial charge in [-0.2, -0.15) is 0 Å². The van der Waals surface area contributed by atoms with Gasteiger partial charge in [-0.3, -0.25) is 0 Å². The van der Waals surface area contributed by atoms with Gasteiger partial charge >= 0.3 is 0 Å². The Labute approximate surface area is 136 Å².